The maximum Gasteiger partial charge on any atom is 0.123 e. The van der Waals surface area contributed by atoms with Crippen LogP contribution in [0.25, 0.3) is 0 Å². The summed E-state index contributed by atoms with van der Waals surface area (Å²) in [6.45, 7) is 6.01. The van der Waals surface area contributed by atoms with Crippen molar-refractivity contribution in [2.24, 2.45) is 0 Å². The van der Waals surface area contributed by atoms with Crippen LogP contribution in [0.3, 0.4) is 0 Å². The molecular weight excluding hydrogens is 203 g/mol. The summed E-state index contributed by atoms with van der Waals surface area (Å²) in [5.74, 6) is -0.150. The van der Waals surface area contributed by atoms with Crippen molar-refractivity contribution in [3.63, 3.8) is 0 Å². The number of rotatable bonds is 7. The van der Waals surface area contributed by atoms with Gasteiger partial charge in [-0.1, -0.05) is 19.1 Å². The number of nitrogens with one attached hydrogen (secondary N) is 1. The summed E-state index contributed by atoms with van der Waals surface area (Å²) in [6, 6.07) is 6.85. The smallest absolute Gasteiger partial charge is 0.123 e. The first-order chi connectivity index (χ1) is 7.76. The second-order valence-electron chi connectivity index (χ2n) is 4.01. The Bertz CT molecular complexity index is 302. The molecule has 0 amide bonds. The molecule has 0 radical (unpaired) electrons. The van der Waals surface area contributed by atoms with Crippen LogP contribution in [-0.4, -0.2) is 31.6 Å². The van der Waals surface area contributed by atoms with E-state index in [1.54, 1.807) is 12.1 Å². The lowest BCUT2D eigenvalue weighted by molar-refractivity contribution is 0.267. The molecule has 0 spiro atoms. The molecule has 1 aromatic rings. The van der Waals surface area contributed by atoms with E-state index in [1.165, 1.54) is 6.07 Å². The van der Waals surface area contributed by atoms with Gasteiger partial charge in [-0.3, -0.25) is 4.90 Å². The standard InChI is InChI=1S/C13H21FN2/c1-3-8-16(9-7-15-2)11-12-5-4-6-13(14)10-12/h4-6,10,15H,3,7-9,11H2,1-2H3. The van der Waals surface area contributed by atoms with Crippen LogP contribution in [0.4, 0.5) is 4.39 Å². The summed E-state index contributed by atoms with van der Waals surface area (Å²) < 4.78 is 13.0. The molecule has 0 bridgehead atoms. The molecule has 0 aromatic heterocycles. The topological polar surface area (TPSA) is 15.3 Å². The Kier molecular flexibility index (Phi) is 6.04. The number of halogens is 1. The molecule has 0 aliphatic rings. The minimum atomic E-state index is -0.150. The molecule has 1 aromatic carbocycles. The third-order valence-corrected chi connectivity index (χ3v) is 2.51. The van der Waals surface area contributed by atoms with Gasteiger partial charge in [0.1, 0.15) is 5.82 Å². The number of likely N-dealkylation sites (N-methyl/N-ethyl adjacent to an activating group) is 1. The first-order valence-corrected chi connectivity index (χ1v) is 5.87. The number of benzene rings is 1. The molecule has 90 valence electrons. The van der Waals surface area contributed by atoms with Gasteiger partial charge in [0.25, 0.3) is 0 Å². The lowest BCUT2D eigenvalue weighted by atomic mass is 10.2. The minimum absolute atomic E-state index is 0.150. The highest BCUT2D eigenvalue weighted by molar-refractivity contribution is 5.16. The van der Waals surface area contributed by atoms with E-state index in [4.69, 9.17) is 0 Å². The Labute approximate surface area is 97.5 Å². The van der Waals surface area contributed by atoms with Crippen LogP contribution in [0.2, 0.25) is 0 Å². The average molecular weight is 224 g/mol. The maximum atomic E-state index is 13.0. The predicted molar refractivity (Wildman–Crippen MR) is 65.9 cm³/mol. The van der Waals surface area contributed by atoms with Crippen molar-refractivity contribution in [1.82, 2.24) is 10.2 Å². The third kappa shape index (κ3) is 4.73. The third-order valence-electron chi connectivity index (χ3n) is 2.51. The maximum absolute atomic E-state index is 13.0. The summed E-state index contributed by atoms with van der Waals surface area (Å²) in [5, 5.41) is 3.14. The van der Waals surface area contributed by atoms with E-state index in [1.807, 2.05) is 13.1 Å². The van der Waals surface area contributed by atoms with Crippen molar-refractivity contribution in [2.75, 3.05) is 26.7 Å². The number of hydrogen-bond acceptors (Lipinski definition) is 2. The van der Waals surface area contributed by atoms with Crippen LogP contribution in [0.1, 0.15) is 18.9 Å². The Hall–Kier alpha value is -0.930. The van der Waals surface area contributed by atoms with E-state index >= 15 is 0 Å². The van der Waals surface area contributed by atoms with Gasteiger partial charge in [0, 0.05) is 19.6 Å². The van der Waals surface area contributed by atoms with Gasteiger partial charge >= 0.3 is 0 Å². The van der Waals surface area contributed by atoms with Crippen molar-refractivity contribution in [1.29, 1.82) is 0 Å². The molecule has 1 N–H and O–H groups in total. The molecule has 1 rings (SSSR count). The first-order valence-electron chi connectivity index (χ1n) is 5.87. The quantitative estimate of drug-likeness (QED) is 0.764. The molecule has 2 nitrogen and oxygen atoms in total. The van der Waals surface area contributed by atoms with Gasteiger partial charge in [-0.05, 0) is 37.7 Å². The molecule has 0 atom stereocenters. The predicted octanol–water partition coefficient (Wildman–Crippen LogP) is 2.26. The van der Waals surface area contributed by atoms with E-state index in [0.29, 0.717) is 0 Å². The van der Waals surface area contributed by atoms with Crippen molar-refractivity contribution >= 4 is 0 Å². The Morgan fingerprint density at radius 2 is 2.12 bits per heavy atom. The SMILES string of the molecule is CCCN(CCNC)Cc1cccc(F)c1. The highest BCUT2D eigenvalue weighted by atomic mass is 19.1. The van der Waals surface area contributed by atoms with Crippen LogP contribution in [0, 0.1) is 5.82 Å². The fourth-order valence-corrected chi connectivity index (χ4v) is 1.75. The molecule has 0 unspecified atom stereocenters. The van der Waals surface area contributed by atoms with Gasteiger partial charge in [-0.15, -0.1) is 0 Å². The Balaban J connectivity index is 2.52. The van der Waals surface area contributed by atoms with E-state index in [2.05, 4.69) is 17.1 Å². The molecule has 0 fully saturated rings. The second-order valence-corrected chi connectivity index (χ2v) is 4.01. The van der Waals surface area contributed by atoms with Crippen LogP contribution in [-0.2, 0) is 6.54 Å². The molecule has 0 aliphatic carbocycles. The average Bonchev–Trinajstić information content (AvgIpc) is 2.26. The van der Waals surface area contributed by atoms with Gasteiger partial charge in [0.05, 0.1) is 0 Å². The highest BCUT2D eigenvalue weighted by Gasteiger charge is 2.04. The van der Waals surface area contributed by atoms with Crippen molar-refractivity contribution in [3.05, 3.63) is 35.6 Å². The normalized spacial score (nSPS) is 11.0. The van der Waals surface area contributed by atoms with Gasteiger partial charge in [0.2, 0.25) is 0 Å². The van der Waals surface area contributed by atoms with Crippen molar-refractivity contribution in [2.45, 2.75) is 19.9 Å². The molecule has 0 saturated carbocycles. The van der Waals surface area contributed by atoms with Gasteiger partial charge in [-0.25, -0.2) is 4.39 Å². The lowest BCUT2D eigenvalue weighted by Gasteiger charge is -2.21. The second kappa shape index (κ2) is 7.36. The summed E-state index contributed by atoms with van der Waals surface area (Å²) >= 11 is 0. The van der Waals surface area contributed by atoms with E-state index in [9.17, 15) is 4.39 Å². The number of nitrogens with zero attached hydrogens (tertiary/aromatic N) is 1. The number of hydrogen-bond donors (Lipinski definition) is 1. The van der Waals surface area contributed by atoms with E-state index in [-0.39, 0.29) is 5.82 Å². The summed E-state index contributed by atoms with van der Waals surface area (Å²) in [4.78, 5) is 2.34. The molecular formula is C13H21FN2. The zero-order valence-electron chi connectivity index (χ0n) is 10.2. The minimum Gasteiger partial charge on any atom is -0.318 e. The van der Waals surface area contributed by atoms with Crippen molar-refractivity contribution in [3.8, 4) is 0 Å². The Morgan fingerprint density at radius 3 is 2.75 bits per heavy atom. The van der Waals surface area contributed by atoms with E-state index in [0.717, 1.165) is 38.2 Å². The highest BCUT2D eigenvalue weighted by Crippen LogP contribution is 2.07. The van der Waals surface area contributed by atoms with Crippen molar-refractivity contribution < 1.29 is 4.39 Å². The van der Waals surface area contributed by atoms with Crippen LogP contribution in [0.15, 0.2) is 24.3 Å². The summed E-state index contributed by atoms with van der Waals surface area (Å²) in [5.41, 5.74) is 1.05. The largest absolute Gasteiger partial charge is 0.318 e. The molecule has 16 heavy (non-hydrogen) atoms. The zero-order chi connectivity index (χ0) is 11.8. The van der Waals surface area contributed by atoms with Gasteiger partial charge in [0.15, 0.2) is 0 Å². The molecule has 0 aliphatic heterocycles. The van der Waals surface area contributed by atoms with Crippen LogP contribution >= 0.6 is 0 Å². The van der Waals surface area contributed by atoms with Crippen LogP contribution < -0.4 is 5.32 Å². The fraction of sp³-hybridized carbons (Fsp3) is 0.538. The first kappa shape index (κ1) is 13.1. The molecule has 0 saturated heterocycles. The van der Waals surface area contributed by atoms with Gasteiger partial charge < -0.3 is 5.32 Å². The summed E-state index contributed by atoms with van der Waals surface area (Å²) in [6.07, 6.45) is 1.12. The summed E-state index contributed by atoms with van der Waals surface area (Å²) in [7, 11) is 1.95. The monoisotopic (exact) mass is 224 g/mol. The Morgan fingerprint density at radius 1 is 1.31 bits per heavy atom. The zero-order valence-corrected chi connectivity index (χ0v) is 10.2. The lowest BCUT2D eigenvalue weighted by Crippen LogP contribution is -2.31. The van der Waals surface area contributed by atoms with Gasteiger partial charge in [-0.2, -0.15) is 0 Å². The van der Waals surface area contributed by atoms with E-state index < -0.39 is 0 Å². The molecule has 0 heterocycles. The fourth-order valence-electron chi connectivity index (χ4n) is 1.75. The molecule has 3 heteroatoms. The van der Waals surface area contributed by atoms with Crippen LogP contribution in [0.5, 0.6) is 0 Å².